The molecule has 4 heterocycles. The van der Waals surface area contributed by atoms with Crippen molar-refractivity contribution in [1.82, 2.24) is 14.8 Å². The van der Waals surface area contributed by atoms with Gasteiger partial charge in [-0.05, 0) is 38.8 Å². The van der Waals surface area contributed by atoms with E-state index >= 15 is 0 Å². The number of thiazole rings is 1. The second-order valence-corrected chi connectivity index (χ2v) is 8.09. The molecule has 2 aliphatic rings. The highest BCUT2D eigenvalue weighted by atomic mass is 32.1. The van der Waals surface area contributed by atoms with Crippen molar-refractivity contribution in [3.05, 3.63) is 40.2 Å². The summed E-state index contributed by atoms with van der Waals surface area (Å²) in [5, 5.41) is 3.23. The zero-order valence-corrected chi connectivity index (χ0v) is 14.8. The Hall–Kier alpha value is -1.66. The molecule has 24 heavy (non-hydrogen) atoms. The Labute approximate surface area is 146 Å². The maximum atomic E-state index is 12.7. The third-order valence-corrected chi connectivity index (χ3v) is 6.16. The van der Waals surface area contributed by atoms with E-state index in [1.54, 1.807) is 23.7 Å². The molecule has 0 aliphatic carbocycles. The van der Waals surface area contributed by atoms with Gasteiger partial charge in [-0.15, -0.1) is 11.3 Å². The van der Waals surface area contributed by atoms with Crippen LogP contribution in [-0.2, 0) is 6.54 Å². The van der Waals surface area contributed by atoms with Crippen LogP contribution >= 0.6 is 11.3 Å². The van der Waals surface area contributed by atoms with Crippen LogP contribution in [0.4, 0.5) is 0 Å². The van der Waals surface area contributed by atoms with Gasteiger partial charge >= 0.3 is 0 Å². The molecule has 2 aromatic rings. The molecular formula is C18H23N3O2S. The van der Waals surface area contributed by atoms with E-state index in [9.17, 15) is 4.79 Å². The van der Waals surface area contributed by atoms with Crippen molar-refractivity contribution in [1.29, 1.82) is 0 Å². The average molecular weight is 345 g/mol. The summed E-state index contributed by atoms with van der Waals surface area (Å²) in [5.41, 5.74) is 0.963. The lowest BCUT2D eigenvalue weighted by molar-refractivity contribution is 0.0674. The summed E-state index contributed by atoms with van der Waals surface area (Å²) >= 11 is 1.73. The summed E-state index contributed by atoms with van der Waals surface area (Å²) in [5.74, 6) is 0.838. The van der Waals surface area contributed by atoms with Crippen molar-refractivity contribution in [2.24, 2.45) is 5.41 Å². The van der Waals surface area contributed by atoms with Crippen LogP contribution in [0.15, 0.2) is 28.3 Å². The fraction of sp³-hybridized carbons (Fsp3) is 0.556. The van der Waals surface area contributed by atoms with Crippen LogP contribution in [-0.4, -0.2) is 46.9 Å². The standard InChI is InChI=1S/C18H23N3O2S/c1-14-15(3-9-23-14)17(22)21-8-5-18(13-21)4-2-7-20(12-18)11-16-19-6-10-24-16/h3,6,9-10H,2,4-5,7-8,11-13H2,1H3/t18-/m0/s1. The largest absolute Gasteiger partial charge is 0.469 e. The number of aromatic nitrogens is 1. The molecule has 0 bridgehead atoms. The minimum absolute atomic E-state index is 0.121. The van der Waals surface area contributed by atoms with Gasteiger partial charge in [-0.1, -0.05) is 0 Å². The van der Waals surface area contributed by atoms with Crippen molar-refractivity contribution in [2.75, 3.05) is 26.2 Å². The van der Waals surface area contributed by atoms with Gasteiger partial charge in [0.1, 0.15) is 10.8 Å². The van der Waals surface area contributed by atoms with Crippen LogP contribution in [0.25, 0.3) is 0 Å². The molecule has 2 saturated heterocycles. The van der Waals surface area contributed by atoms with E-state index in [1.165, 1.54) is 17.8 Å². The smallest absolute Gasteiger partial charge is 0.257 e. The van der Waals surface area contributed by atoms with Gasteiger partial charge in [-0.2, -0.15) is 0 Å². The van der Waals surface area contributed by atoms with Crippen LogP contribution in [0.2, 0.25) is 0 Å². The molecule has 1 atom stereocenters. The molecule has 0 aromatic carbocycles. The Morgan fingerprint density at radius 2 is 2.29 bits per heavy atom. The van der Waals surface area contributed by atoms with Crippen LogP contribution in [0.3, 0.4) is 0 Å². The maximum Gasteiger partial charge on any atom is 0.257 e. The van der Waals surface area contributed by atoms with E-state index in [0.29, 0.717) is 5.56 Å². The highest BCUT2D eigenvalue weighted by Crippen LogP contribution is 2.40. The molecule has 0 unspecified atom stereocenters. The second-order valence-electron chi connectivity index (χ2n) is 7.11. The van der Waals surface area contributed by atoms with E-state index in [0.717, 1.165) is 44.9 Å². The summed E-state index contributed by atoms with van der Waals surface area (Å²) in [6.45, 7) is 6.72. The quantitative estimate of drug-likeness (QED) is 0.857. The number of nitrogens with zero attached hydrogens (tertiary/aromatic N) is 3. The first-order valence-corrected chi connectivity index (χ1v) is 9.47. The highest BCUT2D eigenvalue weighted by molar-refractivity contribution is 7.09. The van der Waals surface area contributed by atoms with Crippen LogP contribution < -0.4 is 0 Å². The predicted molar refractivity (Wildman–Crippen MR) is 93.0 cm³/mol. The van der Waals surface area contributed by atoms with Crippen molar-refractivity contribution < 1.29 is 9.21 Å². The highest BCUT2D eigenvalue weighted by Gasteiger charge is 2.43. The number of likely N-dealkylation sites (tertiary alicyclic amines) is 2. The van der Waals surface area contributed by atoms with E-state index in [-0.39, 0.29) is 11.3 Å². The zero-order valence-electron chi connectivity index (χ0n) is 14.0. The summed E-state index contributed by atoms with van der Waals surface area (Å²) in [4.78, 5) is 21.7. The van der Waals surface area contributed by atoms with Crippen molar-refractivity contribution in [3.63, 3.8) is 0 Å². The number of aryl methyl sites for hydroxylation is 1. The minimum Gasteiger partial charge on any atom is -0.469 e. The number of rotatable bonds is 3. The van der Waals surface area contributed by atoms with Gasteiger partial charge in [-0.25, -0.2) is 4.98 Å². The van der Waals surface area contributed by atoms with Crippen LogP contribution in [0.5, 0.6) is 0 Å². The Morgan fingerprint density at radius 3 is 3.04 bits per heavy atom. The lowest BCUT2D eigenvalue weighted by Crippen LogP contribution is -2.45. The molecule has 128 valence electrons. The molecule has 4 rings (SSSR count). The van der Waals surface area contributed by atoms with Crippen molar-refractivity contribution >= 4 is 17.2 Å². The number of carbonyl (C=O) groups is 1. The number of hydrogen-bond acceptors (Lipinski definition) is 5. The summed E-state index contributed by atoms with van der Waals surface area (Å²) in [7, 11) is 0. The third kappa shape index (κ3) is 3.00. The van der Waals surface area contributed by atoms with Crippen LogP contribution in [0.1, 0.15) is 40.4 Å². The Morgan fingerprint density at radius 1 is 1.38 bits per heavy atom. The molecule has 2 aliphatic heterocycles. The number of piperidine rings is 1. The van der Waals surface area contributed by atoms with Gasteiger partial charge in [0, 0.05) is 36.6 Å². The first kappa shape index (κ1) is 15.8. The van der Waals surface area contributed by atoms with E-state index in [1.807, 2.05) is 23.4 Å². The van der Waals surface area contributed by atoms with E-state index in [4.69, 9.17) is 4.42 Å². The van der Waals surface area contributed by atoms with Crippen molar-refractivity contribution in [3.8, 4) is 0 Å². The van der Waals surface area contributed by atoms with Gasteiger partial charge in [0.15, 0.2) is 0 Å². The first-order chi connectivity index (χ1) is 11.7. The van der Waals surface area contributed by atoms with Gasteiger partial charge in [0.25, 0.3) is 5.91 Å². The molecule has 0 N–H and O–H groups in total. The van der Waals surface area contributed by atoms with Crippen LogP contribution in [0, 0.1) is 12.3 Å². The predicted octanol–water partition coefficient (Wildman–Crippen LogP) is 3.17. The zero-order chi connectivity index (χ0) is 16.6. The van der Waals surface area contributed by atoms with Gasteiger partial charge in [-0.3, -0.25) is 9.69 Å². The molecule has 2 aromatic heterocycles. The summed E-state index contributed by atoms with van der Waals surface area (Å²) < 4.78 is 5.30. The third-order valence-electron chi connectivity index (χ3n) is 5.40. The molecular weight excluding hydrogens is 322 g/mol. The van der Waals surface area contributed by atoms with E-state index < -0.39 is 0 Å². The molecule has 2 fully saturated rings. The molecule has 1 spiro atoms. The Kier molecular flexibility index (Phi) is 4.18. The lowest BCUT2D eigenvalue weighted by atomic mass is 9.79. The maximum absolute atomic E-state index is 12.7. The van der Waals surface area contributed by atoms with Gasteiger partial charge in [0.2, 0.25) is 0 Å². The Bertz CT molecular complexity index is 712. The molecule has 0 saturated carbocycles. The molecule has 1 amide bonds. The number of hydrogen-bond donors (Lipinski definition) is 0. The Balaban J connectivity index is 1.43. The molecule has 5 nitrogen and oxygen atoms in total. The molecule has 6 heteroatoms. The normalized spacial score (nSPS) is 24.8. The summed E-state index contributed by atoms with van der Waals surface area (Å²) in [6.07, 6.45) is 7.01. The van der Waals surface area contributed by atoms with Crippen molar-refractivity contribution in [2.45, 2.75) is 32.7 Å². The van der Waals surface area contributed by atoms with Gasteiger partial charge in [0.05, 0.1) is 18.4 Å². The average Bonchev–Trinajstić information content (AvgIpc) is 3.29. The lowest BCUT2D eigenvalue weighted by Gasteiger charge is -2.40. The number of furan rings is 1. The number of amides is 1. The molecule has 0 radical (unpaired) electrons. The minimum atomic E-state index is 0.121. The number of carbonyl (C=O) groups excluding carboxylic acids is 1. The van der Waals surface area contributed by atoms with E-state index in [2.05, 4.69) is 9.88 Å². The van der Waals surface area contributed by atoms with Gasteiger partial charge < -0.3 is 9.32 Å². The fourth-order valence-corrected chi connectivity index (χ4v) is 4.84. The fourth-order valence-electron chi connectivity index (χ4n) is 4.19. The first-order valence-electron chi connectivity index (χ1n) is 8.59. The SMILES string of the molecule is Cc1occc1C(=O)N1CC[C@]2(CCCN(Cc3nccs3)C2)C1. The monoisotopic (exact) mass is 345 g/mol. The second kappa shape index (κ2) is 6.33. The topological polar surface area (TPSA) is 49.6 Å². The summed E-state index contributed by atoms with van der Waals surface area (Å²) in [6, 6.07) is 1.79.